The lowest BCUT2D eigenvalue weighted by atomic mass is 10.0. The SMILES string of the molecule is O=C(NCC1(O)CCCC1)c1ccc2c(c1)OCCO2. The summed E-state index contributed by atoms with van der Waals surface area (Å²) in [6.07, 6.45) is 3.57. The van der Waals surface area contributed by atoms with Crippen LogP contribution in [-0.2, 0) is 0 Å². The van der Waals surface area contributed by atoms with Gasteiger partial charge in [-0.3, -0.25) is 4.79 Å². The number of ether oxygens (including phenoxy) is 2. The molecule has 1 fully saturated rings. The third kappa shape index (κ3) is 2.72. The number of carbonyl (C=O) groups excluding carboxylic acids is 1. The van der Waals surface area contributed by atoms with Crippen molar-refractivity contribution in [1.29, 1.82) is 0 Å². The summed E-state index contributed by atoms with van der Waals surface area (Å²) in [6.45, 7) is 1.34. The van der Waals surface area contributed by atoms with E-state index < -0.39 is 5.60 Å². The van der Waals surface area contributed by atoms with E-state index in [4.69, 9.17) is 9.47 Å². The smallest absolute Gasteiger partial charge is 0.251 e. The average Bonchev–Trinajstić information content (AvgIpc) is 2.91. The summed E-state index contributed by atoms with van der Waals surface area (Å²) in [7, 11) is 0. The Morgan fingerprint density at radius 2 is 1.90 bits per heavy atom. The third-order valence-corrected chi connectivity index (χ3v) is 3.92. The van der Waals surface area contributed by atoms with E-state index in [1.165, 1.54) is 0 Å². The molecular weight excluding hydrogens is 258 g/mol. The molecule has 2 aliphatic rings. The largest absolute Gasteiger partial charge is 0.486 e. The zero-order valence-electron chi connectivity index (χ0n) is 11.4. The van der Waals surface area contributed by atoms with E-state index in [0.717, 1.165) is 25.7 Å². The molecule has 2 N–H and O–H groups in total. The topological polar surface area (TPSA) is 67.8 Å². The first-order chi connectivity index (χ1) is 9.66. The van der Waals surface area contributed by atoms with E-state index in [2.05, 4.69) is 5.32 Å². The monoisotopic (exact) mass is 277 g/mol. The van der Waals surface area contributed by atoms with Gasteiger partial charge in [0.05, 0.1) is 5.60 Å². The van der Waals surface area contributed by atoms with Crippen molar-refractivity contribution < 1.29 is 19.4 Å². The van der Waals surface area contributed by atoms with Crippen LogP contribution in [0.1, 0.15) is 36.0 Å². The second-order valence-electron chi connectivity index (χ2n) is 5.47. The summed E-state index contributed by atoms with van der Waals surface area (Å²) in [6, 6.07) is 5.14. The van der Waals surface area contributed by atoms with Crippen LogP contribution in [0.4, 0.5) is 0 Å². The van der Waals surface area contributed by atoms with Gasteiger partial charge in [-0.05, 0) is 31.0 Å². The second kappa shape index (κ2) is 5.32. The highest BCUT2D eigenvalue weighted by atomic mass is 16.6. The highest BCUT2D eigenvalue weighted by Gasteiger charge is 2.31. The molecule has 0 unspecified atom stereocenters. The highest BCUT2D eigenvalue weighted by Crippen LogP contribution is 2.31. The standard InChI is InChI=1S/C15H19NO4/c17-14(16-10-15(18)5-1-2-6-15)11-3-4-12-13(9-11)20-8-7-19-12/h3-4,9,18H,1-2,5-8,10H2,(H,16,17). The molecule has 3 rings (SSSR count). The Labute approximate surface area is 117 Å². The molecule has 1 saturated carbocycles. The molecule has 0 spiro atoms. The lowest BCUT2D eigenvalue weighted by molar-refractivity contribution is 0.0449. The van der Waals surface area contributed by atoms with Crippen LogP contribution >= 0.6 is 0 Å². The van der Waals surface area contributed by atoms with Crippen molar-refractivity contribution >= 4 is 5.91 Å². The molecule has 1 aliphatic heterocycles. The van der Waals surface area contributed by atoms with Gasteiger partial charge < -0.3 is 19.9 Å². The Hall–Kier alpha value is -1.75. The number of aliphatic hydroxyl groups is 1. The summed E-state index contributed by atoms with van der Waals surface area (Å²) in [4.78, 5) is 12.1. The fourth-order valence-electron chi connectivity index (χ4n) is 2.74. The van der Waals surface area contributed by atoms with Crippen molar-refractivity contribution in [2.45, 2.75) is 31.3 Å². The summed E-state index contributed by atoms with van der Waals surface area (Å²) in [5.74, 6) is 1.08. The van der Waals surface area contributed by atoms with Crippen molar-refractivity contribution in [3.8, 4) is 11.5 Å². The molecule has 0 bridgehead atoms. The van der Waals surface area contributed by atoms with Crippen molar-refractivity contribution in [3.05, 3.63) is 23.8 Å². The van der Waals surface area contributed by atoms with Crippen LogP contribution in [0.3, 0.4) is 0 Å². The first kappa shape index (κ1) is 13.2. The zero-order chi connectivity index (χ0) is 14.0. The zero-order valence-corrected chi connectivity index (χ0v) is 11.4. The van der Waals surface area contributed by atoms with Crippen LogP contribution in [0, 0.1) is 0 Å². The molecule has 0 aromatic heterocycles. The van der Waals surface area contributed by atoms with Gasteiger partial charge >= 0.3 is 0 Å². The van der Waals surface area contributed by atoms with Crippen LogP contribution in [0.5, 0.6) is 11.5 Å². The minimum absolute atomic E-state index is 0.192. The maximum Gasteiger partial charge on any atom is 0.251 e. The molecular formula is C15H19NO4. The molecule has 0 atom stereocenters. The second-order valence-corrected chi connectivity index (χ2v) is 5.47. The van der Waals surface area contributed by atoms with Crippen LogP contribution in [0.25, 0.3) is 0 Å². The minimum Gasteiger partial charge on any atom is -0.486 e. The van der Waals surface area contributed by atoms with Crippen molar-refractivity contribution in [3.63, 3.8) is 0 Å². The Kier molecular flexibility index (Phi) is 3.53. The van der Waals surface area contributed by atoms with Gasteiger partial charge in [-0.1, -0.05) is 12.8 Å². The maximum atomic E-state index is 12.1. The van der Waals surface area contributed by atoms with Crippen LogP contribution in [0.2, 0.25) is 0 Å². The van der Waals surface area contributed by atoms with Gasteiger partial charge in [-0.2, -0.15) is 0 Å². The Bertz CT molecular complexity index is 509. The summed E-state index contributed by atoms with van der Waals surface area (Å²) < 4.78 is 10.9. The van der Waals surface area contributed by atoms with Gasteiger partial charge in [0.1, 0.15) is 13.2 Å². The Balaban J connectivity index is 1.65. The molecule has 1 heterocycles. The number of nitrogens with one attached hydrogen (secondary N) is 1. The van der Waals surface area contributed by atoms with E-state index in [1.807, 2.05) is 0 Å². The summed E-state index contributed by atoms with van der Waals surface area (Å²) in [5.41, 5.74) is -0.209. The first-order valence-corrected chi connectivity index (χ1v) is 7.07. The Morgan fingerprint density at radius 1 is 1.20 bits per heavy atom. The van der Waals surface area contributed by atoms with Crippen LogP contribution < -0.4 is 14.8 Å². The van der Waals surface area contributed by atoms with E-state index >= 15 is 0 Å². The van der Waals surface area contributed by atoms with Crippen LogP contribution in [-0.4, -0.2) is 36.4 Å². The number of rotatable bonds is 3. The number of fused-ring (bicyclic) bond motifs is 1. The number of hydrogen-bond donors (Lipinski definition) is 2. The molecule has 5 nitrogen and oxygen atoms in total. The number of carbonyl (C=O) groups is 1. The molecule has 1 aromatic rings. The first-order valence-electron chi connectivity index (χ1n) is 7.07. The maximum absolute atomic E-state index is 12.1. The van der Waals surface area contributed by atoms with Gasteiger partial charge in [-0.25, -0.2) is 0 Å². The fraction of sp³-hybridized carbons (Fsp3) is 0.533. The molecule has 0 saturated heterocycles. The predicted octanol–water partition coefficient (Wildman–Crippen LogP) is 1.49. The fourth-order valence-corrected chi connectivity index (χ4v) is 2.74. The van der Waals surface area contributed by atoms with Gasteiger partial charge in [0.25, 0.3) is 5.91 Å². The van der Waals surface area contributed by atoms with E-state index in [-0.39, 0.29) is 5.91 Å². The van der Waals surface area contributed by atoms with Gasteiger partial charge in [-0.15, -0.1) is 0 Å². The van der Waals surface area contributed by atoms with Crippen LogP contribution in [0.15, 0.2) is 18.2 Å². The molecule has 1 aromatic carbocycles. The number of benzene rings is 1. The van der Waals surface area contributed by atoms with Gasteiger partial charge in [0, 0.05) is 12.1 Å². The minimum atomic E-state index is -0.733. The molecule has 108 valence electrons. The molecule has 0 radical (unpaired) electrons. The lowest BCUT2D eigenvalue weighted by Gasteiger charge is -2.23. The summed E-state index contributed by atoms with van der Waals surface area (Å²) in [5, 5.41) is 13.0. The van der Waals surface area contributed by atoms with E-state index in [9.17, 15) is 9.90 Å². The van der Waals surface area contributed by atoms with Crippen molar-refractivity contribution in [2.24, 2.45) is 0 Å². The number of hydrogen-bond acceptors (Lipinski definition) is 4. The Morgan fingerprint density at radius 3 is 2.65 bits per heavy atom. The quantitative estimate of drug-likeness (QED) is 0.878. The van der Waals surface area contributed by atoms with Crippen molar-refractivity contribution in [1.82, 2.24) is 5.32 Å². The molecule has 1 aliphatic carbocycles. The summed E-state index contributed by atoms with van der Waals surface area (Å²) >= 11 is 0. The van der Waals surface area contributed by atoms with E-state index in [0.29, 0.717) is 36.8 Å². The third-order valence-electron chi connectivity index (χ3n) is 3.92. The highest BCUT2D eigenvalue weighted by molar-refractivity contribution is 5.94. The molecule has 1 amide bonds. The van der Waals surface area contributed by atoms with Gasteiger partial charge in [0.2, 0.25) is 0 Å². The van der Waals surface area contributed by atoms with Crippen molar-refractivity contribution in [2.75, 3.05) is 19.8 Å². The molecule has 5 heteroatoms. The lowest BCUT2D eigenvalue weighted by Crippen LogP contribution is -2.40. The average molecular weight is 277 g/mol. The predicted molar refractivity (Wildman–Crippen MR) is 73.2 cm³/mol. The number of amides is 1. The molecule has 20 heavy (non-hydrogen) atoms. The van der Waals surface area contributed by atoms with Gasteiger partial charge in [0.15, 0.2) is 11.5 Å². The van der Waals surface area contributed by atoms with E-state index in [1.54, 1.807) is 18.2 Å². The normalized spacial score (nSPS) is 19.6.